The third-order valence-electron chi connectivity index (χ3n) is 6.43. The second-order valence-electron chi connectivity index (χ2n) is 9.09. The van der Waals surface area contributed by atoms with Gasteiger partial charge in [0.05, 0.1) is 35.1 Å². The molecule has 1 fully saturated rings. The molecule has 0 bridgehead atoms. The molecule has 0 atom stereocenters. The number of aromatic nitrogens is 8. The second kappa shape index (κ2) is 7.84. The fraction of sp³-hybridized carbons (Fsp3) is 0.154. The van der Waals surface area contributed by atoms with Crippen molar-refractivity contribution in [2.45, 2.75) is 19.8 Å². The summed E-state index contributed by atoms with van der Waals surface area (Å²) in [6.45, 7) is 1.95. The first-order valence-corrected chi connectivity index (χ1v) is 11.7. The summed E-state index contributed by atoms with van der Waals surface area (Å²) >= 11 is 0. The van der Waals surface area contributed by atoms with Gasteiger partial charge in [0, 0.05) is 35.5 Å². The summed E-state index contributed by atoms with van der Waals surface area (Å²) < 4.78 is 1.95. The van der Waals surface area contributed by atoms with Gasteiger partial charge in [-0.05, 0) is 49.6 Å². The number of H-pyrrole nitrogens is 2. The fourth-order valence-corrected chi connectivity index (χ4v) is 4.41. The van der Waals surface area contributed by atoms with Crippen LogP contribution in [0.4, 0.5) is 5.69 Å². The van der Waals surface area contributed by atoms with Crippen molar-refractivity contribution in [2.24, 2.45) is 5.92 Å². The Hall–Kier alpha value is -4.86. The van der Waals surface area contributed by atoms with E-state index in [-0.39, 0.29) is 11.8 Å². The lowest BCUT2D eigenvalue weighted by atomic mass is 10.0. The van der Waals surface area contributed by atoms with Gasteiger partial charge in [-0.25, -0.2) is 15.0 Å². The number of hydrogen-bond acceptors (Lipinski definition) is 6. The summed E-state index contributed by atoms with van der Waals surface area (Å²) in [6.07, 6.45) is 10.8. The zero-order chi connectivity index (χ0) is 24.2. The lowest BCUT2D eigenvalue weighted by Crippen LogP contribution is -2.13. The molecular weight excluding hydrogens is 454 g/mol. The van der Waals surface area contributed by atoms with E-state index in [1.807, 2.05) is 42.0 Å². The van der Waals surface area contributed by atoms with E-state index < -0.39 is 0 Å². The molecule has 1 saturated carbocycles. The van der Waals surface area contributed by atoms with E-state index in [4.69, 9.17) is 4.98 Å². The van der Waals surface area contributed by atoms with Gasteiger partial charge < -0.3 is 14.9 Å². The van der Waals surface area contributed by atoms with Crippen molar-refractivity contribution in [1.29, 1.82) is 0 Å². The van der Waals surface area contributed by atoms with E-state index in [2.05, 4.69) is 41.5 Å². The Kier molecular flexibility index (Phi) is 4.47. The zero-order valence-electron chi connectivity index (χ0n) is 19.4. The van der Waals surface area contributed by atoms with Crippen LogP contribution in [-0.4, -0.2) is 45.6 Å². The van der Waals surface area contributed by atoms with Gasteiger partial charge in [-0.1, -0.05) is 6.07 Å². The van der Waals surface area contributed by atoms with Gasteiger partial charge in [-0.15, -0.1) is 0 Å². The quantitative estimate of drug-likeness (QED) is 0.339. The van der Waals surface area contributed by atoms with Gasteiger partial charge in [-0.3, -0.25) is 14.9 Å². The molecule has 0 spiro atoms. The number of benzene rings is 1. The van der Waals surface area contributed by atoms with E-state index in [1.165, 1.54) is 0 Å². The molecule has 7 rings (SSSR count). The summed E-state index contributed by atoms with van der Waals surface area (Å²) in [7, 11) is 0. The topological polar surface area (TPSA) is 130 Å². The molecule has 1 aliphatic carbocycles. The Labute approximate surface area is 204 Å². The average Bonchev–Trinajstić information content (AvgIpc) is 3.30. The molecule has 0 unspecified atom stereocenters. The Morgan fingerprint density at radius 3 is 2.86 bits per heavy atom. The Morgan fingerprint density at radius 2 is 2.03 bits per heavy atom. The van der Waals surface area contributed by atoms with E-state index in [9.17, 15) is 4.79 Å². The first-order valence-electron chi connectivity index (χ1n) is 11.7. The largest absolute Gasteiger partial charge is 0.333 e. The Morgan fingerprint density at radius 1 is 1.11 bits per heavy atom. The monoisotopic (exact) mass is 475 g/mol. The van der Waals surface area contributed by atoms with Gasteiger partial charge in [0.15, 0.2) is 11.5 Å². The summed E-state index contributed by atoms with van der Waals surface area (Å²) in [6, 6.07) is 9.91. The average molecular weight is 476 g/mol. The predicted molar refractivity (Wildman–Crippen MR) is 135 cm³/mol. The Balaban J connectivity index is 1.28. The lowest BCUT2D eigenvalue weighted by Gasteiger charge is -2.07. The molecular formula is C26H21N9O. The summed E-state index contributed by atoms with van der Waals surface area (Å²) in [5, 5.41) is 11.5. The third kappa shape index (κ3) is 3.50. The summed E-state index contributed by atoms with van der Waals surface area (Å²) in [5.41, 5.74) is 7.40. The highest BCUT2D eigenvalue weighted by Crippen LogP contribution is 2.33. The number of anilines is 1. The van der Waals surface area contributed by atoms with Crippen molar-refractivity contribution < 1.29 is 4.79 Å². The molecule has 0 aliphatic heterocycles. The highest BCUT2D eigenvalue weighted by Gasteiger charge is 2.29. The summed E-state index contributed by atoms with van der Waals surface area (Å²) in [4.78, 5) is 33.4. The van der Waals surface area contributed by atoms with Gasteiger partial charge in [0.25, 0.3) is 0 Å². The number of carbonyl (C=O) groups is 1. The van der Waals surface area contributed by atoms with Crippen molar-refractivity contribution in [1.82, 2.24) is 39.7 Å². The standard InChI is InChI=1S/C26H21N9O/c1-14-12-35(13-29-14)21-6-7-28-24-23(21)31-25(32-24)22-19-9-16(4-5-20(19)33-34-22)17-8-18(11-27-10-17)30-26(36)15-2-3-15/h4-13,15H,2-3H2,1H3,(H,30,36)(H,33,34)(H,28,31,32). The van der Waals surface area contributed by atoms with Crippen LogP contribution in [0.1, 0.15) is 18.5 Å². The molecule has 1 aromatic carbocycles. The van der Waals surface area contributed by atoms with Crippen molar-refractivity contribution in [3.63, 3.8) is 0 Å². The molecule has 1 aliphatic rings. The predicted octanol–water partition coefficient (Wildman–Crippen LogP) is 4.41. The van der Waals surface area contributed by atoms with Crippen LogP contribution in [0.25, 0.3) is 50.4 Å². The zero-order valence-corrected chi connectivity index (χ0v) is 19.4. The number of nitrogens with one attached hydrogen (secondary N) is 3. The number of nitrogens with zero attached hydrogens (tertiary/aromatic N) is 6. The number of aromatic amines is 2. The maximum absolute atomic E-state index is 12.2. The molecule has 36 heavy (non-hydrogen) atoms. The van der Waals surface area contributed by atoms with Crippen LogP contribution in [-0.2, 0) is 4.79 Å². The van der Waals surface area contributed by atoms with E-state index in [1.54, 1.807) is 24.9 Å². The maximum Gasteiger partial charge on any atom is 0.227 e. The molecule has 10 heteroatoms. The fourth-order valence-electron chi connectivity index (χ4n) is 4.41. The molecule has 176 valence electrons. The van der Waals surface area contributed by atoms with Gasteiger partial charge in [-0.2, -0.15) is 5.10 Å². The van der Waals surface area contributed by atoms with Crippen LogP contribution >= 0.6 is 0 Å². The van der Waals surface area contributed by atoms with Crippen LogP contribution in [0.3, 0.4) is 0 Å². The smallest absolute Gasteiger partial charge is 0.227 e. The lowest BCUT2D eigenvalue weighted by molar-refractivity contribution is -0.117. The SMILES string of the molecule is Cc1cn(-c2ccnc3nc(-c4n[nH]c5ccc(-c6cncc(NC(=O)C7CC7)c6)cc45)[nH]c23)cn1. The van der Waals surface area contributed by atoms with E-state index in [0.717, 1.165) is 51.8 Å². The van der Waals surface area contributed by atoms with Crippen molar-refractivity contribution in [3.05, 3.63) is 67.1 Å². The molecule has 0 saturated heterocycles. The van der Waals surface area contributed by atoms with Crippen LogP contribution in [0.5, 0.6) is 0 Å². The van der Waals surface area contributed by atoms with Crippen LogP contribution in [0.15, 0.2) is 61.4 Å². The van der Waals surface area contributed by atoms with E-state index in [0.29, 0.717) is 22.9 Å². The summed E-state index contributed by atoms with van der Waals surface area (Å²) in [5.74, 6) is 0.814. The number of pyridine rings is 2. The van der Waals surface area contributed by atoms with Gasteiger partial charge >= 0.3 is 0 Å². The van der Waals surface area contributed by atoms with Crippen molar-refractivity contribution >= 4 is 33.7 Å². The normalized spacial score (nSPS) is 13.5. The van der Waals surface area contributed by atoms with Crippen LogP contribution < -0.4 is 5.32 Å². The van der Waals surface area contributed by atoms with Crippen molar-refractivity contribution in [3.8, 4) is 28.3 Å². The van der Waals surface area contributed by atoms with E-state index >= 15 is 0 Å². The minimum atomic E-state index is 0.0604. The number of amides is 1. The molecule has 6 aromatic rings. The highest BCUT2D eigenvalue weighted by atomic mass is 16.2. The van der Waals surface area contributed by atoms with Gasteiger partial charge in [0.2, 0.25) is 5.91 Å². The minimum Gasteiger partial charge on any atom is -0.333 e. The molecule has 5 heterocycles. The first kappa shape index (κ1) is 20.5. The Bertz CT molecular complexity index is 1770. The number of imidazole rings is 2. The second-order valence-corrected chi connectivity index (χ2v) is 9.09. The number of rotatable bonds is 5. The first-order chi connectivity index (χ1) is 17.6. The van der Waals surface area contributed by atoms with Crippen LogP contribution in [0, 0.1) is 12.8 Å². The highest BCUT2D eigenvalue weighted by molar-refractivity contribution is 5.97. The van der Waals surface area contributed by atoms with Crippen molar-refractivity contribution in [2.75, 3.05) is 5.32 Å². The molecule has 1 amide bonds. The number of fused-ring (bicyclic) bond motifs is 2. The number of carbonyl (C=O) groups excluding carboxylic acids is 1. The number of hydrogen-bond donors (Lipinski definition) is 3. The molecule has 0 radical (unpaired) electrons. The number of aryl methyl sites for hydroxylation is 1. The minimum absolute atomic E-state index is 0.0604. The van der Waals surface area contributed by atoms with Gasteiger partial charge in [0.1, 0.15) is 11.2 Å². The molecule has 5 aromatic heterocycles. The third-order valence-corrected chi connectivity index (χ3v) is 6.43. The molecule has 10 nitrogen and oxygen atoms in total. The molecule has 3 N–H and O–H groups in total. The van der Waals surface area contributed by atoms with Crippen LogP contribution in [0.2, 0.25) is 0 Å². The maximum atomic E-state index is 12.2.